The van der Waals surface area contributed by atoms with Crippen LogP contribution in [0.15, 0.2) is 47.5 Å². The predicted molar refractivity (Wildman–Crippen MR) is 75.0 cm³/mol. The van der Waals surface area contributed by atoms with Crippen molar-refractivity contribution < 1.29 is 0 Å². The van der Waals surface area contributed by atoms with Gasteiger partial charge in [0.1, 0.15) is 5.52 Å². The lowest BCUT2D eigenvalue weighted by Crippen LogP contribution is -2.09. The second-order valence-electron chi connectivity index (χ2n) is 4.39. The Hall–Kier alpha value is -2.60. The molecule has 0 amide bonds. The summed E-state index contributed by atoms with van der Waals surface area (Å²) >= 11 is 5.88. The number of rotatable bonds is 1. The summed E-state index contributed by atoms with van der Waals surface area (Å²) in [6.45, 7) is 0. The first-order valence-corrected chi connectivity index (χ1v) is 6.31. The van der Waals surface area contributed by atoms with Crippen LogP contribution in [0.2, 0.25) is 5.02 Å². The topological polar surface area (TPSA) is 67.5 Å². The van der Waals surface area contributed by atoms with E-state index in [0.717, 1.165) is 16.8 Å². The van der Waals surface area contributed by atoms with Gasteiger partial charge in [0.15, 0.2) is 5.65 Å². The minimum absolute atomic E-state index is 0.267. The van der Waals surface area contributed by atoms with Crippen molar-refractivity contribution in [3.8, 4) is 11.3 Å². The van der Waals surface area contributed by atoms with Crippen LogP contribution in [0, 0.1) is 0 Å². The Balaban J connectivity index is 2.00. The lowest BCUT2D eigenvalue weighted by molar-refractivity contribution is 0.936. The molecule has 6 nitrogen and oxygen atoms in total. The summed E-state index contributed by atoms with van der Waals surface area (Å²) in [5.74, 6) is 0. The van der Waals surface area contributed by atoms with Crippen molar-refractivity contribution in [3.63, 3.8) is 0 Å². The molecule has 3 heterocycles. The highest BCUT2D eigenvalue weighted by molar-refractivity contribution is 6.30. The third kappa shape index (κ3) is 1.55. The molecule has 0 saturated heterocycles. The molecule has 0 aliphatic rings. The van der Waals surface area contributed by atoms with Gasteiger partial charge < -0.3 is 0 Å². The molecule has 1 N–H and O–H groups in total. The van der Waals surface area contributed by atoms with Crippen LogP contribution in [0.5, 0.6) is 0 Å². The number of nitrogens with zero attached hydrogens (tertiary/aromatic N) is 4. The van der Waals surface area contributed by atoms with Gasteiger partial charge in [-0.15, -0.1) is 0 Å². The van der Waals surface area contributed by atoms with Gasteiger partial charge in [0, 0.05) is 23.0 Å². The molecule has 0 spiro atoms. The molecule has 0 aliphatic heterocycles. The summed E-state index contributed by atoms with van der Waals surface area (Å²) in [7, 11) is 0. The number of hydrogen-bond acceptors (Lipinski definition) is 3. The van der Waals surface area contributed by atoms with Gasteiger partial charge in [0.05, 0.1) is 5.69 Å². The minimum Gasteiger partial charge on any atom is -0.247 e. The van der Waals surface area contributed by atoms with Crippen molar-refractivity contribution in [1.82, 2.24) is 24.2 Å². The van der Waals surface area contributed by atoms with Gasteiger partial charge in [-0.3, -0.25) is 0 Å². The highest BCUT2D eigenvalue weighted by Gasteiger charge is 2.10. The van der Waals surface area contributed by atoms with Crippen molar-refractivity contribution in [1.29, 1.82) is 0 Å². The molecule has 7 heteroatoms. The van der Waals surface area contributed by atoms with E-state index >= 15 is 0 Å². The molecule has 4 rings (SSSR count). The Morgan fingerprint density at radius 3 is 2.75 bits per heavy atom. The maximum atomic E-state index is 11.5. The van der Waals surface area contributed by atoms with Gasteiger partial charge in [-0.2, -0.15) is 10.2 Å². The van der Waals surface area contributed by atoms with Crippen LogP contribution in [-0.4, -0.2) is 24.2 Å². The third-order valence-electron chi connectivity index (χ3n) is 3.17. The molecule has 0 saturated carbocycles. The van der Waals surface area contributed by atoms with Crippen LogP contribution < -0.4 is 5.69 Å². The van der Waals surface area contributed by atoms with Crippen LogP contribution in [0.4, 0.5) is 0 Å². The van der Waals surface area contributed by atoms with E-state index < -0.39 is 0 Å². The lowest BCUT2D eigenvalue weighted by Gasteiger charge is -1.95. The Bertz CT molecular complexity index is 980. The molecule has 20 heavy (non-hydrogen) atoms. The number of nitrogens with one attached hydrogen (secondary N) is 1. The van der Waals surface area contributed by atoms with Crippen LogP contribution in [0.25, 0.3) is 22.4 Å². The molecule has 0 unspecified atom stereocenters. The van der Waals surface area contributed by atoms with Crippen molar-refractivity contribution in [3.05, 3.63) is 58.2 Å². The molecule has 4 aromatic rings. The quantitative estimate of drug-likeness (QED) is 0.581. The van der Waals surface area contributed by atoms with E-state index in [4.69, 9.17) is 11.6 Å². The van der Waals surface area contributed by atoms with Crippen LogP contribution in [-0.2, 0) is 0 Å². The summed E-state index contributed by atoms with van der Waals surface area (Å²) < 4.78 is 3.14. The summed E-state index contributed by atoms with van der Waals surface area (Å²) in [6.07, 6.45) is 3.35. The fourth-order valence-corrected chi connectivity index (χ4v) is 2.32. The fourth-order valence-electron chi connectivity index (χ4n) is 2.19. The molecule has 3 aromatic heterocycles. The first-order chi connectivity index (χ1) is 9.72. The zero-order valence-corrected chi connectivity index (χ0v) is 10.9. The molecular weight excluding hydrogens is 278 g/mol. The highest BCUT2D eigenvalue weighted by Crippen LogP contribution is 2.22. The van der Waals surface area contributed by atoms with Crippen LogP contribution in [0.3, 0.4) is 0 Å². The van der Waals surface area contributed by atoms with Crippen molar-refractivity contribution in [2.45, 2.75) is 0 Å². The minimum atomic E-state index is -0.267. The number of hydrogen-bond donors (Lipinski definition) is 1. The van der Waals surface area contributed by atoms with E-state index in [1.807, 2.05) is 30.3 Å². The number of benzene rings is 1. The van der Waals surface area contributed by atoms with Crippen LogP contribution >= 0.6 is 11.6 Å². The van der Waals surface area contributed by atoms with E-state index in [1.165, 1.54) is 4.40 Å². The standard InChI is InChI=1S/C13H8ClN5O/c14-9-3-1-8(2-4-9)10-7-11-12-15-16-13(20)18(12)5-6-19(11)17-10/h1-7H,(H,16,20). The van der Waals surface area contributed by atoms with Crippen molar-refractivity contribution >= 4 is 22.8 Å². The van der Waals surface area contributed by atoms with E-state index in [2.05, 4.69) is 15.3 Å². The first-order valence-electron chi connectivity index (χ1n) is 5.93. The lowest BCUT2D eigenvalue weighted by atomic mass is 10.1. The van der Waals surface area contributed by atoms with Crippen molar-refractivity contribution in [2.75, 3.05) is 0 Å². The average Bonchev–Trinajstić information content (AvgIpc) is 3.03. The normalized spacial score (nSPS) is 11.4. The van der Waals surface area contributed by atoms with E-state index in [1.54, 1.807) is 16.9 Å². The van der Waals surface area contributed by atoms with Crippen LogP contribution in [0.1, 0.15) is 0 Å². The second-order valence-corrected chi connectivity index (χ2v) is 4.82. The van der Waals surface area contributed by atoms with E-state index in [0.29, 0.717) is 10.7 Å². The van der Waals surface area contributed by atoms with Gasteiger partial charge >= 0.3 is 5.69 Å². The fraction of sp³-hybridized carbons (Fsp3) is 0. The molecule has 0 bridgehead atoms. The summed E-state index contributed by atoms with van der Waals surface area (Å²) in [4.78, 5) is 11.5. The molecule has 0 radical (unpaired) electrons. The first kappa shape index (κ1) is 11.2. The summed E-state index contributed by atoms with van der Waals surface area (Å²) in [6, 6.07) is 9.32. The maximum Gasteiger partial charge on any atom is 0.347 e. The number of H-pyrrole nitrogens is 1. The molecule has 0 fully saturated rings. The molecule has 98 valence electrons. The maximum absolute atomic E-state index is 11.5. The Labute approximate surface area is 117 Å². The Morgan fingerprint density at radius 1 is 1.15 bits per heavy atom. The van der Waals surface area contributed by atoms with Gasteiger partial charge in [-0.05, 0) is 18.2 Å². The van der Waals surface area contributed by atoms with Gasteiger partial charge in [-0.1, -0.05) is 23.7 Å². The SMILES string of the molecule is O=c1[nH]nc2c3cc(-c4ccc(Cl)cc4)nn3ccn12. The van der Waals surface area contributed by atoms with Crippen molar-refractivity contribution in [2.24, 2.45) is 0 Å². The Kier molecular flexibility index (Phi) is 2.22. The van der Waals surface area contributed by atoms with Gasteiger partial charge in [-0.25, -0.2) is 18.8 Å². The number of fused-ring (bicyclic) bond motifs is 3. The number of halogens is 1. The smallest absolute Gasteiger partial charge is 0.247 e. The predicted octanol–water partition coefficient (Wildman–Crippen LogP) is 1.99. The molecular formula is C13H8ClN5O. The molecule has 1 aromatic carbocycles. The summed E-state index contributed by atoms with van der Waals surface area (Å²) in [5.41, 5.74) is 2.79. The van der Waals surface area contributed by atoms with Gasteiger partial charge in [0.25, 0.3) is 0 Å². The summed E-state index contributed by atoms with van der Waals surface area (Å²) in [5, 5.41) is 11.6. The zero-order valence-electron chi connectivity index (χ0n) is 10.1. The largest absolute Gasteiger partial charge is 0.347 e. The second kappa shape index (κ2) is 3.94. The van der Waals surface area contributed by atoms with E-state index in [9.17, 15) is 4.79 Å². The number of aromatic amines is 1. The average molecular weight is 286 g/mol. The number of aromatic nitrogens is 5. The third-order valence-corrected chi connectivity index (χ3v) is 3.42. The molecule has 0 atom stereocenters. The monoisotopic (exact) mass is 285 g/mol. The highest BCUT2D eigenvalue weighted by atomic mass is 35.5. The van der Waals surface area contributed by atoms with Gasteiger partial charge in [0.2, 0.25) is 0 Å². The Morgan fingerprint density at radius 2 is 1.95 bits per heavy atom. The zero-order chi connectivity index (χ0) is 13.7. The molecule has 0 aliphatic carbocycles. The van der Waals surface area contributed by atoms with E-state index in [-0.39, 0.29) is 5.69 Å².